The van der Waals surface area contributed by atoms with Gasteiger partial charge in [0.15, 0.2) is 0 Å². The zero-order valence-corrected chi connectivity index (χ0v) is 12.5. The molecular formula is C17H20N2O5. The molecule has 1 N–H and O–H groups in total. The van der Waals surface area contributed by atoms with E-state index in [1.807, 2.05) is 0 Å². The Labute approximate surface area is 140 Å². The van der Waals surface area contributed by atoms with E-state index in [-0.39, 0.29) is 37.7 Å². The normalized spacial score (nSPS) is 9.54. The Bertz CT molecular complexity index is 686. The third-order valence-corrected chi connectivity index (χ3v) is 3.03. The summed E-state index contributed by atoms with van der Waals surface area (Å²) in [4.78, 5) is 22.1. The van der Waals surface area contributed by atoms with Crippen LogP contribution in [0.15, 0.2) is 48.5 Å². The van der Waals surface area contributed by atoms with Gasteiger partial charge in [0.25, 0.3) is 11.6 Å². The van der Waals surface area contributed by atoms with E-state index in [1.165, 1.54) is 24.3 Å². The maximum atomic E-state index is 11.9. The molecule has 2 aromatic rings. The largest absolute Gasteiger partial charge is 0.497 e. The van der Waals surface area contributed by atoms with Crippen molar-refractivity contribution in [1.29, 1.82) is 0 Å². The Balaban J connectivity index is 0.00000288. The average Bonchev–Trinajstić information content (AvgIpc) is 2.59. The number of carbonyl (C=O) groups is 1. The third-order valence-electron chi connectivity index (χ3n) is 3.03. The van der Waals surface area contributed by atoms with Crippen molar-refractivity contribution >= 4 is 11.6 Å². The zero-order valence-electron chi connectivity index (χ0n) is 12.5. The van der Waals surface area contributed by atoms with Crippen LogP contribution in [0.1, 0.15) is 17.8 Å². The number of amides is 1. The summed E-state index contributed by atoms with van der Waals surface area (Å²) in [6.07, 6.45) is 0. The van der Waals surface area contributed by atoms with E-state index in [2.05, 4.69) is 5.32 Å². The van der Waals surface area contributed by atoms with Gasteiger partial charge in [-0.1, -0.05) is 13.5 Å². The van der Waals surface area contributed by atoms with Crippen molar-refractivity contribution in [2.75, 3.05) is 20.3 Å². The minimum atomic E-state index is -0.538. The van der Waals surface area contributed by atoms with Gasteiger partial charge in [-0.2, -0.15) is 0 Å². The van der Waals surface area contributed by atoms with Gasteiger partial charge >= 0.3 is 0 Å². The molecule has 0 saturated carbocycles. The summed E-state index contributed by atoms with van der Waals surface area (Å²) in [7, 11) is 1.58. The second-order valence-corrected chi connectivity index (χ2v) is 4.59. The topological polar surface area (TPSA) is 90.7 Å². The van der Waals surface area contributed by atoms with E-state index >= 15 is 0 Å². The highest BCUT2D eigenvalue weighted by molar-refractivity contribution is 5.94. The Morgan fingerprint density at radius 3 is 2.46 bits per heavy atom. The fourth-order valence-electron chi connectivity index (χ4n) is 1.87. The second kappa shape index (κ2) is 9.14. The lowest BCUT2D eigenvalue weighted by Gasteiger charge is -2.08. The summed E-state index contributed by atoms with van der Waals surface area (Å²) in [6.45, 7) is 0.570. The van der Waals surface area contributed by atoms with Crippen molar-refractivity contribution in [3.8, 4) is 11.5 Å². The molecule has 0 heterocycles. The predicted molar refractivity (Wildman–Crippen MR) is 90.6 cm³/mol. The number of benzene rings is 2. The van der Waals surface area contributed by atoms with Gasteiger partial charge in [-0.05, 0) is 30.3 Å². The van der Waals surface area contributed by atoms with Crippen LogP contribution in [-0.2, 0) is 0 Å². The van der Waals surface area contributed by atoms with Crippen molar-refractivity contribution in [2.24, 2.45) is 0 Å². The Hall–Kier alpha value is -3.09. The van der Waals surface area contributed by atoms with Crippen LogP contribution in [-0.4, -0.2) is 31.1 Å². The Morgan fingerprint density at radius 1 is 1.17 bits per heavy atom. The van der Waals surface area contributed by atoms with Crippen molar-refractivity contribution in [2.45, 2.75) is 7.43 Å². The Kier molecular flexibility index (Phi) is 7.22. The summed E-state index contributed by atoms with van der Waals surface area (Å²) < 4.78 is 10.5. The summed E-state index contributed by atoms with van der Waals surface area (Å²) in [5, 5.41) is 13.3. The highest BCUT2D eigenvalue weighted by Gasteiger charge is 2.10. The van der Waals surface area contributed by atoms with Crippen molar-refractivity contribution in [1.82, 2.24) is 5.32 Å². The first-order valence-corrected chi connectivity index (χ1v) is 6.89. The van der Waals surface area contributed by atoms with Crippen molar-refractivity contribution in [3.05, 3.63) is 64.2 Å². The lowest BCUT2D eigenvalue weighted by molar-refractivity contribution is -0.384. The smallest absolute Gasteiger partial charge is 0.270 e. The lowest BCUT2D eigenvalue weighted by Crippen LogP contribution is -2.28. The number of ether oxygens (including phenoxy) is 2. The van der Waals surface area contributed by atoms with Crippen LogP contribution in [0.25, 0.3) is 0 Å². The molecule has 0 saturated heterocycles. The summed E-state index contributed by atoms with van der Waals surface area (Å²) in [6, 6.07) is 12.6. The molecule has 0 unspecified atom stereocenters. The molecule has 1 amide bonds. The standard InChI is InChI=1S/C16H16N2O5.CH4/c1-22-14-5-7-15(8-6-14)23-10-9-17-16(19)12-3-2-4-13(11-12)18(20)21;/h2-8,11H,9-10H2,1H3,(H,17,19);1H4. The highest BCUT2D eigenvalue weighted by Crippen LogP contribution is 2.16. The number of nitro groups is 1. The molecule has 2 rings (SSSR count). The van der Waals surface area contributed by atoms with E-state index in [9.17, 15) is 14.9 Å². The molecule has 24 heavy (non-hydrogen) atoms. The molecule has 128 valence electrons. The molecule has 0 atom stereocenters. The lowest BCUT2D eigenvalue weighted by atomic mass is 10.2. The molecule has 7 nitrogen and oxygen atoms in total. The summed E-state index contributed by atoms with van der Waals surface area (Å²) in [5.41, 5.74) is 0.121. The van der Waals surface area contributed by atoms with Crippen LogP contribution < -0.4 is 14.8 Å². The Morgan fingerprint density at radius 2 is 1.83 bits per heavy atom. The maximum absolute atomic E-state index is 11.9. The summed E-state index contributed by atoms with van der Waals surface area (Å²) in [5.74, 6) is 1.01. The minimum Gasteiger partial charge on any atom is -0.497 e. The minimum absolute atomic E-state index is 0. The van der Waals surface area contributed by atoms with E-state index in [0.717, 1.165) is 5.75 Å². The highest BCUT2D eigenvalue weighted by atomic mass is 16.6. The number of non-ortho nitro benzene ring substituents is 1. The number of nitro benzene ring substituents is 1. The number of methoxy groups -OCH3 is 1. The van der Waals surface area contributed by atoms with Gasteiger partial charge in [-0.3, -0.25) is 14.9 Å². The van der Waals surface area contributed by atoms with Gasteiger partial charge in [0.1, 0.15) is 18.1 Å². The molecule has 0 radical (unpaired) electrons. The average molecular weight is 332 g/mol. The van der Waals surface area contributed by atoms with Crippen LogP contribution in [0, 0.1) is 10.1 Å². The van der Waals surface area contributed by atoms with E-state index in [0.29, 0.717) is 5.75 Å². The number of hydrogen-bond donors (Lipinski definition) is 1. The molecular weight excluding hydrogens is 312 g/mol. The predicted octanol–water partition coefficient (Wildman–Crippen LogP) is 3.05. The molecule has 0 aliphatic rings. The SMILES string of the molecule is C.COc1ccc(OCCNC(=O)c2cccc([N+](=O)[O-])c2)cc1. The number of carbonyl (C=O) groups excluding carboxylic acids is 1. The van der Waals surface area contributed by atoms with Gasteiger partial charge < -0.3 is 14.8 Å². The molecule has 7 heteroatoms. The van der Waals surface area contributed by atoms with Gasteiger partial charge in [-0.25, -0.2) is 0 Å². The molecule has 0 bridgehead atoms. The summed E-state index contributed by atoms with van der Waals surface area (Å²) >= 11 is 0. The monoisotopic (exact) mass is 332 g/mol. The number of rotatable bonds is 7. The van der Waals surface area contributed by atoms with Crippen LogP contribution in [0.5, 0.6) is 11.5 Å². The fraction of sp³-hybridized carbons (Fsp3) is 0.235. The van der Waals surface area contributed by atoms with E-state index in [1.54, 1.807) is 31.4 Å². The zero-order chi connectivity index (χ0) is 16.7. The molecule has 0 spiro atoms. The van der Waals surface area contributed by atoms with E-state index in [4.69, 9.17) is 9.47 Å². The first kappa shape index (κ1) is 19.0. The van der Waals surface area contributed by atoms with Crippen LogP contribution in [0.2, 0.25) is 0 Å². The number of nitrogens with one attached hydrogen (secondary N) is 1. The molecule has 0 fully saturated rings. The molecule has 0 aliphatic carbocycles. The van der Waals surface area contributed by atoms with Gasteiger partial charge in [0, 0.05) is 17.7 Å². The molecule has 0 aliphatic heterocycles. The first-order valence-electron chi connectivity index (χ1n) is 6.89. The van der Waals surface area contributed by atoms with Crippen LogP contribution in [0.3, 0.4) is 0 Å². The second-order valence-electron chi connectivity index (χ2n) is 4.59. The van der Waals surface area contributed by atoms with Crippen LogP contribution >= 0.6 is 0 Å². The fourth-order valence-corrected chi connectivity index (χ4v) is 1.87. The maximum Gasteiger partial charge on any atom is 0.270 e. The third kappa shape index (κ3) is 5.28. The molecule has 2 aromatic carbocycles. The van der Waals surface area contributed by atoms with Gasteiger partial charge in [-0.15, -0.1) is 0 Å². The molecule has 0 aromatic heterocycles. The number of hydrogen-bond acceptors (Lipinski definition) is 5. The van der Waals surface area contributed by atoms with Crippen molar-refractivity contribution < 1.29 is 19.2 Å². The van der Waals surface area contributed by atoms with E-state index < -0.39 is 4.92 Å². The van der Waals surface area contributed by atoms with Crippen LogP contribution in [0.4, 0.5) is 5.69 Å². The quantitative estimate of drug-likeness (QED) is 0.478. The first-order chi connectivity index (χ1) is 11.1. The van der Waals surface area contributed by atoms with Gasteiger partial charge in [0.2, 0.25) is 0 Å². The number of nitrogens with zero attached hydrogens (tertiary/aromatic N) is 1. The van der Waals surface area contributed by atoms with Gasteiger partial charge in [0.05, 0.1) is 18.6 Å². The van der Waals surface area contributed by atoms with Crippen molar-refractivity contribution in [3.63, 3.8) is 0 Å².